The lowest BCUT2D eigenvalue weighted by Gasteiger charge is -2.21. The van der Waals surface area contributed by atoms with Crippen LogP contribution in [0.2, 0.25) is 0 Å². The molecule has 0 spiro atoms. The Kier molecular flexibility index (Phi) is 3.44. The lowest BCUT2D eigenvalue weighted by molar-refractivity contribution is -0.123. The van der Waals surface area contributed by atoms with Crippen LogP contribution in [0.25, 0.3) is 0 Å². The third kappa shape index (κ3) is 2.75. The number of hydrogen-bond acceptors (Lipinski definition) is 2. The maximum atomic E-state index is 11.2. The highest BCUT2D eigenvalue weighted by atomic mass is 16.5. The van der Waals surface area contributed by atoms with Crippen molar-refractivity contribution in [2.24, 2.45) is 5.92 Å². The molecular formula is C13H19NO2. The topological polar surface area (TPSA) is 38.3 Å². The van der Waals surface area contributed by atoms with Gasteiger partial charge < -0.3 is 10.1 Å². The lowest BCUT2D eigenvalue weighted by Crippen LogP contribution is -2.34. The summed E-state index contributed by atoms with van der Waals surface area (Å²) in [6.07, 6.45) is 2.72. The van der Waals surface area contributed by atoms with Crippen molar-refractivity contribution in [3.63, 3.8) is 0 Å². The molecule has 16 heavy (non-hydrogen) atoms. The first-order valence-electron chi connectivity index (χ1n) is 5.67. The Morgan fingerprint density at radius 3 is 2.81 bits per heavy atom. The van der Waals surface area contributed by atoms with Crippen LogP contribution in [0, 0.1) is 5.92 Å². The minimum Gasteiger partial charge on any atom is -0.497 e. The smallest absolute Gasteiger partial charge is 0.220 e. The molecule has 1 N–H and O–H groups in total. The molecule has 1 fully saturated rings. The van der Waals surface area contributed by atoms with Crippen LogP contribution in [0.5, 0.6) is 5.75 Å². The highest BCUT2D eigenvalue weighted by Crippen LogP contribution is 2.20. The van der Waals surface area contributed by atoms with E-state index in [1.54, 1.807) is 7.11 Å². The van der Waals surface area contributed by atoms with Crippen molar-refractivity contribution in [3.8, 4) is 5.75 Å². The molecule has 1 aliphatic rings. The number of rotatable bonds is 3. The molecule has 3 nitrogen and oxygen atoms in total. The molecule has 0 saturated carbocycles. The molecule has 1 heterocycles. The molecule has 1 atom stereocenters. The molecule has 1 aromatic carbocycles. The minimum absolute atomic E-state index is 0. The number of ether oxygens (including phenoxy) is 1. The second-order valence-electron chi connectivity index (χ2n) is 4.26. The SMILES string of the molecule is COc1ccc(CC2CCNC(=O)C2)cc1.[HH]. The van der Waals surface area contributed by atoms with Crippen molar-refractivity contribution < 1.29 is 11.0 Å². The van der Waals surface area contributed by atoms with E-state index in [0.717, 1.165) is 25.1 Å². The summed E-state index contributed by atoms with van der Waals surface area (Å²) in [7, 11) is 1.67. The van der Waals surface area contributed by atoms with Crippen LogP contribution in [0.1, 0.15) is 19.8 Å². The van der Waals surface area contributed by atoms with Crippen molar-refractivity contribution >= 4 is 5.91 Å². The second-order valence-corrected chi connectivity index (χ2v) is 4.26. The van der Waals surface area contributed by atoms with Gasteiger partial charge in [0, 0.05) is 14.4 Å². The molecular weight excluding hydrogens is 202 g/mol. The van der Waals surface area contributed by atoms with Crippen molar-refractivity contribution in [2.75, 3.05) is 13.7 Å². The molecule has 1 saturated heterocycles. The Morgan fingerprint density at radius 2 is 2.19 bits per heavy atom. The van der Waals surface area contributed by atoms with Gasteiger partial charge in [-0.15, -0.1) is 0 Å². The summed E-state index contributed by atoms with van der Waals surface area (Å²) in [4.78, 5) is 11.2. The Bertz CT molecular complexity index is 364. The standard InChI is InChI=1S/C13H17NO2.H2/c1-16-12-4-2-10(3-5-12)8-11-6-7-14-13(15)9-11;/h2-5,11H,6-9H2,1H3,(H,14,15);1H. The zero-order valence-corrected chi connectivity index (χ0v) is 9.53. The monoisotopic (exact) mass is 221 g/mol. The van der Waals surface area contributed by atoms with E-state index in [2.05, 4.69) is 17.4 Å². The van der Waals surface area contributed by atoms with Gasteiger partial charge in [-0.25, -0.2) is 0 Å². The number of benzene rings is 1. The van der Waals surface area contributed by atoms with Crippen molar-refractivity contribution in [3.05, 3.63) is 29.8 Å². The molecule has 3 heteroatoms. The van der Waals surface area contributed by atoms with Crippen LogP contribution in [-0.2, 0) is 11.2 Å². The quantitative estimate of drug-likeness (QED) is 0.848. The third-order valence-corrected chi connectivity index (χ3v) is 3.03. The minimum atomic E-state index is 0. The van der Waals surface area contributed by atoms with Gasteiger partial charge in [-0.2, -0.15) is 0 Å². The van der Waals surface area contributed by atoms with E-state index in [1.807, 2.05) is 12.1 Å². The van der Waals surface area contributed by atoms with Crippen molar-refractivity contribution in [1.29, 1.82) is 0 Å². The van der Waals surface area contributed by atoms with Crippen LogP contribution in [0.15, 0.2) is 24.3 Å². The highest BCUT2D eigenvalue weighted by molar-refractivity contribution is 5.76. The molecule has 2 rings (SSSR count). The predicted molar refractivity (Wildman–Crippen MR) is 64.5 cm³/mol. The summed E-state index contributed by atoms with van der Waals surface area (Å²) < 4.78 is 5.11. The lowest BCUT2D eigenvalue weighted by atomic mass is 9.90. The second kappa shape index (κ2) is 5.01. The number of carbonyl (C=O) groups is 1. The van der Waals surface area contributed by atoms with Crippen LogP contribution in [0.4, 0.5) is 0 Å². The van der Waals surface area contributed by atoms with Crippen LogP contribution >= 0.6 is 0 Å². The molecule has 88 valence electrons. The van der Waals surface area contributed by atoms with E-state index in [0.29, 0.717) is 12.3 Å². The number of nitrogens with one attached hydrogen (secondary N) is 1. The summed E-state index contributed by atoms with van der Waals surface area (Å²) in [5.41, 5.74) is 1.28. The molecule has 1 amide bonds. The van der Waals surface area contributed by atoms with Gasteiger partial charge in [0.2, 0.25) is 5.91 Å². The Balaban J connectivity index is 0.00000144. The Labute approximate surface area is 97.3 Å². The van der Waals surface area contributed by atoms with Crippen LogP contribution in [0.3, 0.4) is 0 Å². The van der Waals surface area contributed by atoms with E-state index in [-0.39, 0.29) is 7.33 Å². The Hall–Kier alpha value is -1.51. The summed E-state index contributed by atoms with van der Waals surface area (Å²) in [6, 6.07) is 8.09. The van der Waals surface area contributed by atoms with E-state index in [1.165, 1.54) is 5.56 Å². The van der Waals surface area contributed by atoms with E-state index < -0.39 is 0 Å². The molecule has 0 aromatic heterocycles. The fourth-order valence-electron chi connectivity index (χ4n) is 2.12. The van der Waals surface area contributed by atoms with E-state index in [9.17, 15) is 4.79 Å². The van der Waals surface area contributed by atoms with E-state index >= 15 is 0 Å². The zero-order valence-electron chi connectivity index (χ0n) is 9.53. The summed E-state index contributed by atoms with van der Waals surface area (Å²) in [5, 5.41) is 2.86. The molecule has 0 aliphatic carbocycles. The van der Waals surface area contributed by atoms with Gasteiger partial charge in [0.25, 0.3) is 0 Å². The predicted octanol–water partition coefficient (Wildman–Crippen LogP) is 2.01. The average molecular weight is 221 g/mol. The van der Waals surface area contributed by atoms with Gasteiger partial charge in [0.15, 0.2) is 0 Å². The molecule has 0 radical (unpaired) electrons. The van der Waals surface area contributed by atoms with Gasteiger partial charge >= 0.3 is 0 Å². The van der Waals surface area contributed by atoms with Gasteiger partial charge in [-0.3, -0.25) is 4.79 Å². The van der Waals surface area contributed by atoms with Crippen LogP contribution in [-0.4, -0.2) is 19.6 Å². The first-order valence-corrected chi connectivity index (χ1v) is 5.67. The number of piperidine rings is 1. The van der Waals surface area contributed by atoms with E-state index in [4.69, 9.17) is 4.74 Å². The van der Waals surface area contributed by atoms with Gasteiger partial charge in [-0.05, 0) is 36.5 Å². The zero-order chi connectivity index (χ0) is 11.4. The highest BCUT2D eigenvalue weighted by Gasteiger charge is 2.18. The maximum Gasteiger partial charge on any atom is 0.220 e. The third-order valence-electron chi connectivity index (χ3n) is 3.03. The molecule has 1 unspecified atom stereocenters. The average Bonchev–Trinajstić information content (AvgIpc) is 2.30. The summed E-state index contributed by atoms with van der Waals surface area (Å²) in [6.45, 7) is 0.819. The number of methoxy groups -OCH3 is 1. The maximum absolute atomic E-state index is 11.2. The number of hydrogen-bond donors (Lipinski definition) is 1. The summed E-state index contributed by atoms with van der Waals surface area (Å²) >= 11 is 0. The van der Waals surface area contributed by atoms with Crippen molar-refractivity contribution in [2.45, 2.75) is 19.3 Å². The first kappa shape index (κ1) is 11.0. The fraction of sp³-hybridized carbons (Fsp3) is 0.462. The molecule has 1 aliphatic heterocycles. The first-order chi connectivity index (χ1) is 7.78. The largest absolute Gasteiger partial charge is 0.497 e. The van der Waals surface area contributed by atoms with Crippen LogP contribution < -0.4 is 10.1 Å². The summed E-state index contributed by atoms with van der Waals surface area (Å²) in [5.74, 6) is 1.55. The molecule has 1 aromatic rings. The fourth-order valence-corrected chi connectivity index (χ4v) is 2.12. The van der Waals surface area contributed by atoms with Gasteiger partial charge in [0.1, 0.15) is 5.75 Å². The normalized spacial score (nSPS) is 20.3. The van der Waals surface area contributed by atoms with Gasteiger partial charge in [-0.1, -0.05) is 12.1 Å². The number of amides is 1. The molecule has 0 bridgehead atoms. The van der Waals surface area contributed by atoms with Crippen molar-refractivity contribution in [1.82, 2.24) is 5.32 Å². The van der Waals surface area contributed by atoms with Gasteiger partial charge in [0.05, 0.1) is 7.11 Å². The number of carbonyl (C=O) groups excluding carboxylic acids is 1. The Morgan fingerprint density at radius 1 is 1.44 bits per heavy atom.